The maximum absolute atomic E-state index is 4.29. The fraction of sp³-hybridized carbons (Fsp3) is 0.280. The molecule has 0 saturated carbocycles. The average Bonchev–Trinajstić information content (AvgIpc) is 3.14. The molecule has 2 atom stereocenters. The quantitative estimate of drug-likeness (QED) is 0.175. The van der Waals surface area contributed by atoms with Crippen LogP contribution in [-0.2, 0) is 51.4 Å². The normalized spacial score (nSPS) is 14.9. The Bertz CT molecular complexity index is 1990. The minimum Gasteiger partial charge on any atom is -0.375 e. The number of anilines is 2. The molecule has 6 aromatic carbocycles. The minimum absolute atomic E-state index is 0.0298. The molecule has 0 aromatic heterocycles. The summed E-state index contributed by atoms with van der Waals surface area (Å²) in [6, 6.07) is 46.8. The van der Waals surface area contributed by atoms with Crippen LogP contribution in [0.1, 0.15) is 90.0 Å². The standard InChI is InChI=1S/C50H52N2/c1-33-7-5-8-34(2)47(33)51-49(45-31-41-21-19-37-11-15-39(16-12-37)23-27-43(45)29-25-41)50(52-48-35(3)9-6-10-36(48)4)46-32-42-22-20-38-13-17-40(18-14-38)24-28-44(46)30-26-42/h5-18,25-26,29-32,49-52H,19-24,27-28H2,1-4H3/t49-,50-/m0/s1. The monoisotopic (exact) mass is 680 g/mol. The van der Waals surface area contributed by atoms with E-state index < -0.39 is 0 Å². The maximum atomic E-state index is 4.29. The van der Waals surface area contributed by atoms with E-state index in [1.807, 2.05) is 0 Å². The predicted octanol–water partition coefficient (Wildman–Crippen LogP) is 11.7. The van der Waals surface area contributed by atoms with Crippen LogP contribution in [0.25, 0.3) is 0 Å². The van der Waals surface area contributed by atoms with E-state index in [-0.39, 0.29) is 12.1 Å². The maximum Gasteiger partial charge on any atom is 0.0760 e. The van der Waals surface area contributed by atoms with Gasteiger partial charge in [-0.15, -0.1) is 0 Å². The van der Waals surface area contributed by atoms with E-state index in [0.717, 1.165) is 51.4 Å². The van der Waals surface area contributed by atoms with Crippen LogP contribution in [0.2, 0.25) is 0 Å². The van der Waals surface area contributed by atoms with Gasteiger partial charge in [-0.05, 0) is 157 Å². The van der Waals surface area contributed by atoms with E-state index in [0.29, 0.717) is 0 Å². The highest BCUT2D eigenvalue weighted by Gasteiger charge is 2.31. The molecule has 2 nitrogen and oxygen atoms in total. The zero-order chi connectivity index (χ0) is 35.6. The second-order valence-corrected chi connectivity index (χ2v) is 15.5. The molecule has 0 spiro atoms. The second kappa shape index (κ2) is 14.9. The molecule has 8 aliphatic carbocycles. The number of hydrogen-bond donors (Lipinski definition) is 2. The van der Waals surface area contributed by atoms with Crippen molar-refractivity contribution in [2.45, 2.75) is 91.1 Å². The van der Waals surface area contributed by atoms with Crippen LogP contribution in [0, 0.1) is 27.7 Å². The van der Waals surface area contributed by atoms with Gasteiger partial charge in [0.2, 0.25) is 0 Å². The van der Waals surface area contributed by atoms with Crippen molar-refractivity contribution >= 4 is 11.4 Å². The lowest BCUT2D eigenvalue weighted by Gasteiger charge is -2.36. The molecule has 0 unspecified atom stereocenters. The Morgan fingerprint density at radius 2 is 0.635 bits per heavy atom. The molecule has 0 aliphatic heterocycles. The molecule has 2 N–H and O–H groups in total. The Labute approximate surface area is 311 Å². The van der Waals surface area contributed by atoms with Gasteiger partial charge in [0.25, 0.3) is 0 Å². The van der Waals surface area contributed by atoms with Crippen molar-refractivity contribution in [1.82, 2.24) is 0 Å². The van der Waals surface area contributed by atoms with Crippen LogP contribution in [0.3, 0.4) is 0 Å². The lowest BCUT2D eigenvalue weighted by atomic mass is 9.82. The van der Waals surface area contributed by atoms with Gasteiger partial charge >= 0.3 is 0 Å². The first-order chi connectivity index (χ1) is 25.4. The molecule has 0 fully saturated rings. The van der Waals surface area contributed by atoms with Gasteiger partial charge in [0.1, 0.15) is 0 Å². The third-order valence-electron chi connectivity index (χ3n) is 11.8. The fourth-order valence-electron chi connectivity index (χ4n) is 8.59. The van der Waals surface area contributed by atoms with Gasteiger partial charge in [-0.1, -0.05) is 121 Å². The SMILES string of the molecule is Cc1cccc(C)c1N[C@@H](c1cc2ccc1CCc1ccc(cc1)CC2)[C@@H](Nc1c(C)cccc1C)c1cc2ccc1CCc1ccc(cc1)CC2. The van der Waals surface area contributed by atoms with E-state index in [1.54, 1.807) is 0 Å². The Kier molecular flexibility index (Phi) is 9.74. The van der Waals surface area contributed by atoms with E-state index in [9.17, 15) is 0 Å². The van der Waals surface area contributed by atoms with Gasteiger partial charge in [-0.25, -0.2) is 0 Å². The van der Waals surface area contributed by atoms with Crippen LogP contribution in [0.15, 0.2) is 121 Å². The Hall–Kier alpha value is -5.08. The van der Waals surface area contributed by atoms with Crippen LogP contribution in [-0.4, -0.2) is 0 Å². The number of benzene rings is 6. The third-order valence-corrected chi connectivity index (χ3v) is 11.8. The smallest absolute Gasteiger partial charge is 0.0760 e. The number of nitrogens with one attached hydrogen (secondary N) is 2. The lowest BCUT2D eigenvalue weighted by molar-refractivity contribution is 0.631. The topological polar surface area (TPSA) is 24.1 Å². The van der Waals surface area contributed by atoms with Crippen LogP contribution in [0.5, 0.6) is 0 Å². The first-order valence-corrected chi connectivity index (χ1v) is 19.4. The highest BCUT2D eigenvalue weighted by molar-refractivity contribution is 5.63. The number of rotatable bonds is 7. The van der Waals surface area contributed by atoms with Crippen LogP contribution in [0.4, 0.5) is 11.4 Å². The summed E-state index contributed by atoms with van der Waals surface area (Å²) in [6.07, 6.45) is 8.19. The second-order valence-electron chi connectivity index (χ2n) is 15.5. The summed E-state index contributed by atoms with van der Waals surface area (Å²) in [5.74, 6) is 0. The molecule has 0 radical (unpaired) electrons. The first-order valence-electron chi connectivity index (χ1n) is 19.4. The molecule has 14 rings (SSSR count). The number of aryl methyl sites for hydroxylation is 12. The summed E-state index contributed by atoms with van der Waals surface area (Å²) < 4.78 is 0. The zero-order valence-corrected chi connectivity index (χ0v) is 31.4. The summed E-state index contributed by atoms with van der Waals surface area (Å²) in [7, 11) is 0. The van der Waals surface area contributed by atoms with Gasteiger partial charge in [0.05, 0.1) is 12.1 Å². The molecule has 0 heterocycles. The highest BCUT2D eigenvalue weighted by Crippen LogP contribution is 2.42. The molecule has 6 aromatic rings. The zero-order valence-electron chi connectivity index (χ0n) is 31.4. The van der Waals surface area contributed by atoms with Crippen molar-refractivity contribution in [3.05, 3.63) is 199 Å². The molecule has 8 bridgehead atoms. The predicted molar refractivity (Wildman–Crippen MR) is 220 cm³/mol. The summed E-state index contributed by atoms with van der Waals surface area (Å²) in [5, 5.41) is 8.58. The Morgan fingerprint density at radius 1 is 0.346 bits per heavy atom. The first kappa shape index (κ1) is 34.0. The highest BCUT2D eigenvalue weighted by atomic mass is 15.0. The van der Waals surface area contributed by atoms with Gasteiger partial charge in [0.15, 0.2) is 0 Å². The molecule has 0 saturated heterocycles. The summed E-state index contributed by atoms with van der Waals surface area (Å²) in [4.78, 5) is 0. The van der Waals surface area contributed by atoms with Crippen molar-refractivity contribution in [3.63, 3.8) is 0 Å². The van der Waals surface area contributed by atoms with Crippen LogP contribution < -0.4 is 10.6 Å². The number of para-hydroxylation sites is 2. The molecule has 52 heavy (non-hydrogen) atoms. The average molecular weight is 681 g/mol. The Balaban J connectivity index is 1.34. The van der Waals surface area contributed by atoms with Gasteiger partial charge in [0, 0.05) is 11.4 Å². The van der Waals surface area contributed by atoms with Crippen molar-refractivity contribution in [1.29, 1.82) is 0 Å². The fourth-order valence-corrected chi connectivity index (χ4v) is 8.59. The Morgan fingerprint density at radius 3 is 0.981 bits per heavy atom. The van der Waals surface area contributed by atoms with E-state index >= 15 is 0 Å². The largest absolute Gasteiger partial charge is 0.375 e. The van der Waals surface area contributed by atoms with Gasteiger partial charge < -0.3 is 10.6 Å². The van der Waals surface area contributed by atoms with Crippen molar-refractivity contribution in [2.75, 3.05) is 10.6 Å². The third kappa shape index (κ3) is 7.30. The minimum atomic E-state index is -0.0298. The van der Waals surface area contributed by atoms with Crippen molar-refractivity contribution in [3.8, 4) is 0 Å². The molecule has 0 amide bonds. The number of hydrogen-bond acceptors (Lipinski definition) is 2. The van der Waals surface area contributed by atoms with E-state index in [2.05, 4.69) is 160 Å². The molecular weight excluding hydrogens is 629 g/mol. The summed E-state index contributed by atoms with van der Waals surface area (Å²) >= 11 is 0. The van der Waals surface area contributed by atoms with E-state index in [1.165, 1.54) is 89.3 Å². The van der Waals surface area contributed by atoms with Gasteiger partial charge in [-0.3, -0.25) is 0 Å². The van der Waals surface area contributed by atoms with Crippen molar-refractivity contribution < 1.29 is 0 Å². The molecule has 8 aliphatic rings. The van der Waals surface area contributed by atoms with Crippen LogP contribution >= 0.6 is 0 Å². The molecule has 2 heteroatoms. The summed E-state index contributed by atoms with van der Waals surface area (Å²) in [5.41, 5.74) is 21.7. The molecule has 262 valence electrons. The summed E-state index contributed by atoms with van der Waals surface area (Å²) in [6.45, 7) is 9.01. The molecular formula is C50H52N2. The van der Waals surface area contributed by atoms with Crippen molar-refractivity contribution in [2.24, 2.45) is 0 Å². The van der Waals surface area contributed by atoms with E-state index in [4.69, 9.17) is 0 Å². The van der Waals surface area contributed by atoms with Gasteiger partial charge in [-0.2, -0.15) is 0 Å². The lowest BCUT2D eigenvalue weighted by Crippen LogP contribution is -2.29.